The number of rotatable bonds is 1. The van der Waals surface area contributed by atoms with Gasteiger partial charge in [-0.2, -0.15) is 0 Å². The summed E-state index contributed by atoms with van der Waals surface area (Å²) in [6.45, 7) is 1.89. The first-order valence-electron chi connectivity index (χ1n) is 3.79. The molecule has 2 heteroatoms. The van der Waals surface area contributed by atoms with Crippen molar-refractivity contribution in [2.24, 2.45) is 5.73 Å². The summed E-state index contributed by atoms with van der Waals surface area (Å²) in [7, 11) is 0. The first-order chi connectivity index (χ1) is 4.92. The number of hydrogen-bond donors (Lipinski definition) is 1. The van der Waals surface area contributed by atoms with Crippen molar-refractivity contribution in [1.29, 1.82) is 0 Å². The number of aryl methyl sites for hydroxylation is 1. The molecule has 0 fully saturated rings. The van der Waals surface area contributed by atoms with Crippen LogP contribution < -0.4 is 5.73 Å². The molecule has 10 heavy (non-hydrogen) atoms. The van der Waals surface area contributed by atoms with Gasteiger partial charge in [-0.05, 0) is 24.5 Å². The highest BCUT2D eigenvalue weighted by atomic mass is 15.0. The van der Waals surface area contributed by atoms with E-state index in [0.29, 0.717) is 6.54 Å². The topological polar surface area (TPSA) is 30.9 Å². The first-order valence-corrected chi connectivity index (χ1v) is 3.79. The van der Waals surface area contributed by atoms with E-state index in [0.717, 1.165) is 0 Å². The van der Waals surface area contributed by atoms with Crippen LogP contribution in [0.1, 0.15) is 17.7 Å². The summed E-state index contributed by atoms with van der Waals surface area (Å²) < 4.78 is 2.31. The van der Waals surface area contributed by atoms with E-state index in [2.05, 4.69) is 16.8 Å². The first kappa shape index (κ1) is 5.98. The molecular formula is C8H12N2. The molecule has 0 unspecified atom stereocenters. The van der Waals surface area contributed by atoms with Gasteiger partial charge in [-0.15, -0.1) is 0 Å². The van der Waals surface area contributed by atoms with E-state index in [1.165, 1.54) is 30.6 Å². The molecule has 2 N–H and O–H groups in total. The average molecular weight is 136 g/mol. The second-order valence-electron chi connectivity index (χ2n) is 2.79. The summed E-state index contributed by atoms with van der Waals surface area (Å²) in [5.41, 5.74) is 8.35. The second-order valence-corrected chi connectivity index (χ2v) is 2.79. The molecule has 0 atom stereocenters. The fourth-order valence-corrected chi connectivity index (χ4v) is 1.67. The van der Waals surface area contributed by atoms with Crippen molar-refractivity contribution < 1.29 is 0 Å². The molecule has 0 radical (unpaired) electrons. The fraction of sp³-hybridized carbons (Fsp3) is 0.500. The maximum atomic E-state index is 5.55. The average Bonchev–Trinajstić information content (AvgIpc) is 2.44. The molecule has 0 amide bonds. The van der Waals surface area contributed by atoms with Gasteiger partial charge in [-0.1, -0.05) is 0 Å². The molecule has 1 aromatic rings. The zero-order valence-electron chi connectivity index (χ0n) is 6.01. The third-order valence-corrected chi connectivity index (χ3v) is 2.21. The molecule has 1 aliphatic rings. The minimum Gasteiger partial charge on any atom is -0.351 e. The van der Waals surface area contributed by atoms with Gasteiger partial charge in [0, 0.05) is 25.0 Å². The number of nitrogens with two attached hydrogens (primary N) is 1. The normalized spacial score (nSPS) is 15.7. The molecule has 0 saturated heterocycles. The molecule has 1 aliphatic heterocycles. The van der Waals surface area contributed by atoms with Crippen LogP contribution in [0.15, 0.2) is 12.3 Å². The van der Waals surface area contributed by atoms with Crippen LogP contribution in [0.3, 0.4) is 0 Å². The van der Waals surface area contributed by atoms with Crippen molar-refractivity contribution in [2.75, 3.05) is 0 Å². The van der Waals surface area contributed by atoms with Gasteiger partial charge in [0.05, 0.1) is 0 Å². The smallest absolute Gasteiger partial charge is 0.0226 e. The number of hydrogen-bond acceptors (Lipinski definition) is 1. The van der Waals surface area contributed by atoms with Crippen molar-refractivity contribution in [3.8, 4) is 0 Å². The van der Waals surface area contributed by atoms with Gasteiger partial charge in [0.1, 0.15) is 0 Å². The van der Waals surface area contributed by atoms with Crippen LogP contribution in [0.25, 0.3) is 0 Å². The lowest BCUT2D eigenvalue weighted by molar-refractivity contribution is 0.750. The minimum absolute atomic E-state index is 0.697. The quantitative estimate of drug-likeness (QED) is 0.610. The van der Waals surface area contributed by atoms with E-state index in [9.17, 15) is 0 Å². The van der Waals surface area contributed by atoms with E-state index < -0.39 is 0 Å². The van der Waals surface area contributed by atoms with Crippen LogP contribution >= 0.6 is 0 Å². The van der Waals surface area contributed by atoms with Crippen molar-refractivity contribution in [3.63, 3.8) is 0 Å². The van der Waals surface area contributed by atoms with Gasteiger partial charge in [-0.25, -0.2) is 0 Å². The third kappa shape index (κ3) is 0.688. The Bertz CT molecular complexity index is 237. The summed E-state index contributed by atoms with van der Waals surface area (Å²) in [6, 6.07) is 2.13. The van der Waals surface area contributed by atoms with Gasteiger partial charge in [0.15, 0.2) is 0 Å². The number of nitrogens with zero attached hydrogens (tertiary/aromatic N) is 1. The summed E-state index contributed by atoms with van der Waals surface area (Å²) in [4.78, 5) is 0. The summed E-state index contributed by atoms with van der Waals surface area (Å²) in [5.74, 6) is 0. The van der Waals surface area contributed by atoms with Crippen LogP contribution in [0.5, 0.6) is 0 Å². The van der Waals surface area contributed by atoms with Gasteiger partial charge in [-0.3, -0.25) is 0 Å². The molecule has 0 aromatic carbocycles. The van der Waals surface area contributed by atoms with Gasteiger partial charge < -0.3 is 10.3 Å². The van der Waals surface area contributed by atoms with Gasteiger partial charge >= 0.3 is 0 Å². The molecule has 2 nitrogen and oxygen atoms in total. The zero-order valence-corrected chi connectivity index (χ0v) is 6.01. The van der Waals surface area contributed by atoms with E-state index in [1.54, 1.807) is 0 Å². The molecule has 2 rings (SSSR count). The van der Waals surface area contributed by atoms with Crippen LogP contribution in [0.4, 0.5) is 0 Å². The highest BCUT2D eigenvalue weighted by Crippen LogP contribution is 2.19. The Morgan fingerprint density at radius 1 is 1.60 bits per heavy atom. The Morgan fingerprint density at radius 2 is 2.50 bits per heavy atom. The molecule has 0 spiro atoms. The molecule has 1 aromatic heterocycles. The van der Waals surface area contributed by atoms with Crippen LogP contribution in [-0.2, 0) is 19.5 Å². The Hall–Kier alpha value is -0.760. The van der Waals surface area contributed by atoms with Crippen LogP contribution in [0.2, 0.25) is 0 Å². The fourth-order valence-electron chi connectivity index (χ4n) is 1.67. The lowest BCUT2D eigenvalue weighted by atomic mass is 10.2. The van der Waals surface area contributed by atoms with Crippen molar-refractivity contribution in [3.05, 3.63) is 23.5 Å². The summed E-state index contributed by atoms with van der Waals surface area (Å²) >= 11 is 0. The maximum absolute atomic E-state index is 5.55. The lowest BCUT2D eigenvalue weighted by Gasteiger charge is -1.96. The zero-order chi connectivity index (χ0) is 6.97. The van der Waals surface area contributed by atoms with Crippen LogP contribution in [-0.4, -0.2) is 4.57 Å². The molecule has 0 bridgehead atoms. The third-order valence-electron chi connectivity index (χ3n) is 2.21. The predicted molar refractivity (Wildman–Crippen MR) is 40.6 cm³/mol. The van der Waals surface area contributed by atoms with E-state index in [4.69, 9.17) is 5.73 Å². The molecule has 54 valence electrons. The van der Waals surface area contributed by atoms with Crippen molar-refractivity contribution >= 4 is 0 Å². The maximum Gasteiger partial charge on any atom is 0.0226 e. The van der Waals surface area contributed by atoms with Crippen molar-refractivity contribution in [2.45, 2.75) is 25.9 Å². The Balaban J connectivity index is 2.44. The minimum atomic E-state index is 0.697. The predicted octanol–water partition coefficient (Wildman–Crippen LogP) is 0.893. The van der Waals surface area contributed by atoms with E-state index >= 15 is 0 Å². The highest BCUT2D eigenvalue weighted by Gasteiger charge is 2.12. The summed E-state index contributed by atoms with van der Waals surface area (Å²) in [6.07, 6.45) is 4.66. The Morgan fingerprint density at radius 3 is 3.30 bits per heavy atom. The monoisotopic (exact) mass is 136 g/mol. The Kier molecular flexibility index (Phi) is 1.27. The van der Waals surface area contributed by atoms with Crippen LogP contribution in [0, 0.1) is 0 Å². The van der Waals surface area contributed by atoms with E-state index in [1.807, 2.05) is 0 Å². The molecular weight excluding hydrogens is 124 g/mol. The van der Waals surface area contributed by atoms with Gasteiger partial charge in [0.2, 0.25) is 0 Å². The number of aromatic nitrogens is 1. The number of fused-ring (bicyclic) bond motifs is 1. The van der Waals surface area contributed by atoms with Gasteiger partial charge in [0.25, 0.3) is 0 Å². The van der Waals surface area contributed by atoms with E-state index in [-0.39, 0.29) is 0 Å². The molecule has 0 aliphatic carbocycles. The summed E-state index contributed by atoms with van der Waals surface area (Å²) in [5, 5.41) is 0. The second kappa shape index (κ2) is 2.13. The Labute approximate surface area is 60.6 Å². The highest BCUT2D eigenvalue weighted by molar-refractivity contribution is 5.24. The standard InChI is InChI=1S/C8H12N2/c9-6-7-3-5-10-4-1-2-8(7)10/h3,5H,1-2,4,6,9H2. The largest absolute Gasteiger partial charge is 0.351 e. The molecule has 2 heterocycles. The molecule has 0 saturated carbocycles. The van der Waals surface area contributed by atoms with Crippen molar-refractivity contribution in [1.82, 2.24) is 4.57 Å². The SMILES string of the molecule is NCc1ccn2c1CCC2. The lowest BCUT2D eigenvalue weighted by Crippen LogP contribution is -1.98.